The second kappa shape index (κ2) is 5.16. The number of ketones is 1. The molecule has 0 radical (unpaired) electrons. The first-order valence-corrected chi connectivity index (χ1v) is 6.97. The van der Waals surface area contributed by atoms with E-state index in [1.165, 1.54) is 22.0 Å². The minimum Gasteiger partial charge on any atom is -0.291 e. The van der Waals surface area contributed by atoms with Crippen LogP contribution in [-0.2, 0) is 6.54 Å². The van der Waals surface area contributed by atoms with Crippen molar-refractivity contribution in [3.05, 3.63) is 48.7 Å². The van der Waals surface area contributed by atoms with Gasteiger partial charge in [0, 0.05) is 16.2 Å². The Labute approximate surface area is 116 Å². The number of aromatic nitrogens is 2. The van der Waals surface area contributed by atoms with Gasteiger partial charge in [0.15, 0.2) is 5.78 Å². The highest BCUT2D eigenvalue weighted by atomic mass is 79.9. The van der Waals surface area contributed by atoms with Gasteiger partial charge in [0.1, 0.15) is 5.82 Å². The Hall–Kier alpha value is -1.27. The topological polar surface area (TPSA) is 52.0 Å². The molecule has 0 aliphatic carbocycles. The lowest BCUT2D eigenvalue weighted by Crippen LogP contribution is -2.27. The second-order valence-corrected chi connectivity index (χ2v) is 5.66. The molecule has 2 aromatic heterocycles. The van der Waals surface area contributed by atoms with E-state index in [1.54, 1.807) is 13.8 Å². The van der Waals surface area contributed by atoms with Crippen LogP contribution < -0.4 is 5.56 Å². The van der Waals surface area contributed by atoms with Crippen molar-refractivity contribution < 1.29 is 4.79 Å². The molecule has 0 amide bonds. The second-order valence-electron chi connectivity index (χ2n) is 3.89. The molecule has 0 atom stereocenters. The van der Waals surface area contributed by atoms with Crippen LogP contribution in [0.3, 0.4) is 0 Å². The maximum absolute atomic E-state index is 12.1. The van der Waals surface area contributed by atoms with Crippen molar-refractivity contribution in [1.29, 1.82) is 0 Å². The van der Waals surface area contributed by atoms with E-state index in [0.717, 1.165) is 4.47 Å². The largest absolute Gasteiger partial charge is 0.291 e. The van der Waals surface area contributed by atoms with E-state index in [2.05, 4.69) is 20.9 Å². The molecule has 0 aliphatic heterocycles. The Balaban J connectivity index is 2.34. The zero-order chi connectivity index (χ0) is 13.3. The van der Waals surface area contributed by atoms with Gasteiger partial charge in [-0.15, -0.1) is 11.3 Å². The Morgan fingerprint density at radius 2 is 2.22 bits per heavy atom. The van der Waals surface area contributed by atoms with Gasteiger partial charge in [0.05, 0.1) is 11.4 Å². The van der Waals surface area contributed by atoms with E-state index in [4.69, 9.17) is 0 Å². The molecule has 0 N–H and O–H groups in total. The lowest BCUT2D eigenvalue weighted by molar-refractivity contribution is 0.0972. The van der Waals surface area contributed by atoms with E-state index in [1.807, 2.05) is 11.4 Å². The van der Waals surface area contributed by atoms with Gasteiger partial charge in [-0.3, -0.25) is 14.2 Å². The number of rotatable bonds is 3. The van der Waals surface area contributed by atoms with Crippen molar-refractivity contribution >= 4 is 33.0 Å². The molecule has 2 aromatic rings. The quantitative estimate of drug-likeness (QED) is 0.814. The predicted molar refractivity (Wildman–Crippen MR) is 74.3 cm³/mol. The van der Waals surface area contributed by atoms with E-state index >= 15 is 0 Å². The summed E-state index contributed by atoms with van der Waals surface area (Å²) in [6, 6.07) is 3.25. The normalized spacial score (nSPS) is 10.6. The maximum atomic E-state index is 12.1. The van der Waals surface area contributed by atoms with Crippen molar-refractivity contribution in [2.75, 3.05) is 0 Å². The van der Waals surface area contributed by atoms with E-state index in [-0.39, 0.29) is 17.9 Å². The first kappa shape index (κ1) is 13.2. The molecule has 6 heteroatoms. The summed E-state index contributed by atoms with van der Waals surface area (Å²) < 4.78 is 2.16. The number of hydrogen-bond donors (Lipinski definition) is 0. The molecule has 0 unspecified atom stereocenters. The van der Waals surface area contributed by atoms with Gasteiger partial charge in [0.25, 0.3) is 5.56 Å². The Morgan fingerprint density at radius 3 is 2.78 bits per heavy atom. The Bertz CT molecular complexity index is 660. The standard InChI is InChI=1S/C12H11BrN2O2S/c1-7-5-11(17)15(8(2)14-7)6-10(16)12-9(13)3-4-18-12/h3-5H,6H2,1-2H3. The van der Waals surface area contributed by atoms with E-state index in [9.17, 15) is 9.59 Å². The third-order valence-corrected chi connectivity index (χ3v) is 4.38. The molecule has 18 heavy (non-hydrogen) atoms. The summed E-state index contributed by atoms with van der Waals surface area (Å²) in [5.41, 5.74) is 0.472. The highest BCUT2D eigenvalue weighted by molar-refractivity contribution is 9.10. The highest BCUT2D eigenvalue weighted by Gasteiger charge is 2.14. The molecule has 2 rings (SSSR count). The summed E-state index contributed by atoms with van der Waals surface area (Å²) in [6.45, 7) is 3.51. The summed E-state index contributed by atoms with van der Waals surface area (Å²) in [4.78, 5) is 28.7. The highest BCUT2D eigenvalue weighted by Crippen LogP contribution is 2.23. The molecule has 4 nitrogen and oxygen atoms in total. The smallest absolute Gasteiger partial charge is 0.254 e. The molecule has 0 saturated heterocycles. The Morgan fingerprint density at radius 1 is 1.50 bits per heavy atom. The third-order valence-electron chi connectivity index (χ3n) is 2.50. The SMILES string of the molecule is Cc1cc(=O)n(CC(=O)c2sccc2Br)c(C)n1. The van der Waals surface area contributed by atoms with Crippen LogP contribution in [-0.4, -0.2) is 15.3 Å². The van der Waals surface area contributed by atoms with Gasteiger partial charge in [-0.05, 0) is 41.2 Å². The fourth-order valence-corrected chi connectivity index (χ4v) is 3.19. The average Bonchev–Trinajstić information content (AvgIpc) is 2.69. The molecule has 94 valence electrons. The van der Waals surface area contributed by atoms with Gasteiger partial charge >= 0.3 is 0 Å². The molecule has 0 aromatic carbocycles. The number of aryl methyl sites for hydroxylation is 2. The summed E-state index contributed by atoms with van der Waals surface area (Å²) in [7, 11) is 0. The minimum absolute atomic E-state index is 0.0249. The molecule has 0 saturated carbocycles. The maximum Gasteiger partial charge on any atom is 0.254 e. The van der Waals surface area contributed by atoms with Crippen LogP contribution in [0.2, 0.25) is 0 Å². The number of carbonyl (C=O) groups excluding carboxylic acids is 1. The molecule has 0 bridgehead atoms. The number of nitrogens with zero attached hydrogens (tertiary/aromatic N) is 2. The van der Waals surface area contributed by atoms with Crippen LogP contribution in [0.5, 0.6) is 0 Å². The summed E-state index contributed by atoms with van der Waals surface area (Å²) in [5, 5.41) is 1.83. The van der Waals surface area contributed by atoms with Crippen LogP contribution in [0.1, 0.15) is 21.2 Å². The zero-order valence-corrected chi connectivity index (χ0v) is 12.3. The molecule has 0 aliphatic rings. The van der Waals surface area contributed by atoms with Crippen molar-refractivity contribution in [3.8, 4) is 0 Å². The number of halogens is 1. The molecule has 0 fully saturated rings. The van der Waals surface area contributed by atoms with Gasteiger partial charge in [-0.1, -0.05) is 0 Å². The third kappa shape index (κ3) is 2.59. The van der Waals surface area contributed by atoms with Crippen LogP contribution in [0.25, 0.3) is 0 Å². The number of Topliss-reactive ketones (excluding diaryl/α,β-unsaturated/α-hetero) is 1. The predicted octanol–water partition coefficient (Wildman–Crippen LogP) is 2.57. The van der Waals surface area contributed by atoms with Crippen LogP contribution in [0.4, 0.5) is 0 Å². The lowest BCUT2D eigenvalue weighted by Gasteiger charge is -2.08. The summed E-state index contributed by atoms with van der Waals surface area (Å²) in [6.07, 6.45) is 0. The first-order valence-electron chi connectivity index (χ1n) is 5.30. The number of hydrogen-bond acceptors (Lipinski definition) is 4. The van der Waals surface area contributed by atoms with Crippen molar-refractivity contribution in [1.82, 2.24) is 9.55 Å². The summed E-state index contributed by atoms with van der Waals surface area (Å²) in [5.74, 6) is 0.466. The molecular formula is C12H11BrN2O2S. The van der Waals surface area contributed by atoms with Crippen LogP contribution in [0.15, 0.2) is 26.8 Å². The monoisotopic (exact) mass is 326 g/mol. The van der Waals surface area contributed by atoms with Crippen molar-refractivity contribution in [3.63, 3.8) is 0 Å². The Kier molecular flexibility index (Phi) is 3.77. The van der Waals surface area contributed by atoms with Gasteiger partial charge in [-0.2, -0.15) is 0 Å². The molecule has 0 spiro atoms. The average molecular weight is 327 g/mol. The molecular weight excluding hydrogens is 316 g/mol. The number of thiophene rings is 1. The van der Waals surface area contributed by atoms with Gasteiger partial charge < -0.3 is 0 Å². The van der Waals surface area contributed by atoms with E-state index in [0.29, 0.717) is 16.4 Å². The number of carbonyl (C=O) groups is 1. The van der Waals surface area contributed by atoms with Gasteiger partial charge in [0.2, 0.25) is 0 Å². The van der Waals surface area contributed by atoms with E-state index < -0.39 is 0 Å². The van der Waals surface area contributed by atoms with Crippen LogP contribution >= 0.6 is 27.3 Å². The summed E-state index contributed by atoms with van der Waals surface area (Å²) >= 11 is 4.68. The zero-order valence-electron chi connectivity index (χ0n) is 9.94. The van der Waals surface area contributed by atoms with Gasteiger partial charge in [-0.25, -0.2) is 4.98 Å². The van der Waals surface area contributed by atoms with Crippen molar-refractivity contribution in [2.24, 2.45) is 0 Å². The minimum atomic E-state index is -0.193. The first-order chi connectivity index (χ1) is 8.49. The lowest BCUT2D eigenvalue weighted by atomic mass is 10.3. The molecule has 2 heterocycles. The fourth-order valence-electron chi connectivity index (χ4n) is 1.66. The van der Waals surface area contributed by atoms with Crippen molar-refractivity contribution in [2.45, 2.75) is 20.4 Å². The fraction of sp³-hybridized carbons (Fsp3) is 0.250. The van der Waals surface area contributed by atoms with Crippen LogP contribution in [0, 0.1) is 13.8 Å².